The smallest absolute Gasteiger partial charge is 0.218 e. The van der Waals surface area contributed by atoms with E-state index in [4.69, 9.17) is 5.11 Å². The van der Waals surface area contributed by atoms with E-state index in [-0.39, 0.29) is 18.9 Å². The molecule has 1 N–H and O–H groups in total. The highest BCUT2D eigenvalue weighted by Crippen LogP contribution is 2.13. The highest BCUT2D eigenvalue weighted by atomic mass is 32.2. The summed E-state index contributed by atoms with van der Waals surface area (Å²) in [5, 5.41) is 9.00. The molecule has 0 bridgehead atoms. The molecule has 5 heteroatoms. The Bertz CT molecular complexity index is 485. The van der Waals surface area contributed by atoms with Crippen molar-refractivity contribution in [2.24, 2.45) is 0 Å². The fraction of sp³-hybridized carbons (Fsp3) is 0.571. The highest BCUT2D eigenvalue weighted by Gasteiger charge is 2.21. The molecule has 0 spiro atoms. The summed E-state index contributed by atoms with van der Waals surface area (Å²) < 4.78 is 26.0. The van der Waals surface area contributed by atoms with E-state index < -0.39 is 10.0 Å². The van der Waals surface area contributed by atoms with Crippen molar-refractivity contribution >= 4 is 10.0 Å². The predicted octanol–water partition coefficient (Wildman–Crippen LogP) is 1.92. The number of benzene rings is 1. The van der Waals surface area contributed by atoms with Crippen LogP contribution in [0.3, 0.4) is 0 Å². The lowest BCUT2D eigenvalue weighted by molar-refractivity contribution is 0.252. The summed E-state index contributed by atoms with van der Waals surface area (Å²) in [6.07, 6.45) is 1.74. The first-order valence-electron chi connectivity index (χ1n) is 6.64. The molecule has 19 heavy (non-hydrogen) atoms. The Labute approximate surface area is 116 Å². The normalized spacial score (nSPS) is 12.0. The number of rotatable bonds is 8. The third-order valence-electron chi connectivity index (χ3n) is 2.94. The molecule has 1 rings (SSSR count). The number of aryl methyl sites for hydroxylation is 1. The Morgan fingerprint density at radius 3 is 2.58 bits per heavy atom. The van der Waals surface area contributed by atoms with Gasteiger partial charge in [-0.1, -0.05) is 43.2 Å². The van der Waals surface area contributed by atoms with Crippen LogP contribution >= 0.6 is 0 Å². The summed E-state index contributed by atoms with van der Waals surface area (Å²) in [5.74, 6) is -0.00159. The molecule has 0 unspecified atom stereocenters. The van der Waals surface area contributed by atoms with Crippen LogP contribution in [-0.4, -0.2) is 37.5 Å². The van der Waals surface area contributed by atoms with E-state index >= 15 is 0 Å². The summed E-state index contributed by atoms with van der Waals surface area (Å²) in [7, 11) is -3.35. The molecule has 0 aliphatic heterocycles. The second-order valence-corrected chi connectivity index (χ2v) is 6.69. The Morgan fingerprint density at radius 2 is 2.00 bits per heavy atom. The van der Waals surface area contributed by atoms with Gasteiger partial charge in [0.2, 0.25) is 10.0 Å². The van der Waals surface area contributed by atoms with Gasteiger partial charge in [0.1, 0.15) is 0 Å². The lowest BCUT2D eigenvalue weighted by atomic mass is 10.2. The van der Waals surface area contributed by atoms with Crippen molar-refractivity contribution in [3.8, 4) is 0 Å². The largest absolute Gasteiger partial charge is 0.395 e. The van der Waals surface area contributed by atoms with Crippen molar-refractivity contribution in [3.63, 3.8) is 0 Å². The lowest BCUT2D eigenvalue weighted by Crippen LogP contribution is -2.35. The van der Waals surface area contributed by atoms with Gasteiger partial charge in [0, 0.05) is 13.1 Å². The van der Waals surface area contributed by atoms with Gasteiger partial charge in [-0.2, -0.15) is 4.31 Å². The van der Waals surface area contributed by atoms with Crippen molar-refractivity contribution in [2.45, 2.75) is 32.4 Å². The molecule has 0 saturated heterocycles. The van der Waals surface area contributed by atoms with Crippen molar-refractivity contribution < 1.29 is 13.5 Å². The van der Waals surface area contributed by atoms with Crippen molar-refractivity contribution in [1.29, 1.82) is 0 Å². The molecule has 0 saturated carbocycles. The maximum atomic E-state index is 12.3. The summed E-state index contributed by atoms with van der Waals surface area (Å²) in [6.45, 7) is 4.47. The monoisotopic (exact) mass is 285 g/mol. The zero-order valence-corrected chi connectivity index (χ0v) is 12.5. The minimum absolute atomic E-state index is 0.00159. The van der Waals surface area contributed by atoms with Crippen LogP contribution in [-0.2, 0) is 15.8 Å². The molecule has 4 nitrogen and oxygen atoms in total. The molecule has 0 aromatic heterocycles. The Morgan fingerprint density at radius 1 is 1.26 bits per heavy atom. The van der Waals surface area contributed by atoms with Gasteiger partial charge in [0.05, 0.1) is 12.4 Å². The van der Waals surface area contributed by atoms with E-state index in [9.17, 15) is 8.42 Å². The van der Waals surface area contributed by atoms with Gasteiger partial charge in [-0.15, -0.1) is 0 Å². The molecule has 0 aliphatic carbocycles. The van der Waals surface area contributed by atoms with Crippen LogP contribution in [0.2, 0.25) is 0 Å². The van der Waals surface area contributed by atoms with E-state index in [2.05, 4.69) is 0 Å². The number of nitrogens with zero attached hydrogens (tertiary/aromatic N) is 1. The third-order valence-corrected chi connectivity index (χ3v) is 4.79. The molecule has 0 radical (unpaired) electrons. The first-order valence-corrected chi connectivity index (χ1v) is 8.24. The lowest BCUT2D eigenvalue weighted by Gasteiger charge is -2.21. The number of hydrogen-bond acceptors (Lipinski definition) is 3. The highest BCUT2D eigenvalue weighted by molar-refractivity contribution is 7.88. The predicted molar refractivity (Wildman–Crippen MR) is 77.4 cm³/mol. The van der Waals surface area contributed by atoms with Crippen LogP contribution in [0.4, 0.5) is 0 Å². The zero-order valence-electron chi connectivity index (χ0n) is 11.7. The maximum absolute atomic E-state index is 12.3. The summed E-state index contributed by atoms with van der Waals surface area (Å²) in [4.78, 5) is 0. The van der Waals surface area contributed by atoms with E-state index in [1.807, 2.05) is 38.1 Å². The molecule has 1 aromatic carbocycles. The standard InChI is InChI=1S/C14H23NO3S/c1-3-4-8-15(9-10-16)19(17,18)12-14-7-5-6-13(2)11-14/h5-7,11,16H,3-4,8-10,12H2,1-2H3. The summed E-state index contributed by atoms with van der Waals surface area (Å²) >= 11 is 0. The summed E-state index contributed by atoms with van der Waals surface area (Å²) in [5.41, 5.74) is 1.84. The van der Waals surface area contributed by atoms with E-state index in [0.717, 1.165) is 24.0 Å². The van der Waals surface area contributed by atoms with Gasteiger partial charge >= 0.3 is 0 Å². The van der Waals surface area contributed by atoms with Crippen molar-refractivity contribution in [2.75, 3.05) is 19.7 Å². The van der Waals surface area contributed by atoms with Gasteiger partial charge in [-0.25, -0.2) is 8.42 Å². The Balaban J connectivity index is 2.81. The van der Waals surface area contributed by atoms with E-state index in [1.165, 1.54) is 4.31 Å². The van der Waals surface area contributed by atoms with Crippen molar-refractivity contribution in [1.82, 2.24) is 4.31 Å². The molecule has 0 aliphatic rings. The van der Waals surface area contributed by atoms with Crippen LogP contribution in [0.15, 0.2) is 24.3 Å². The SMILES string of the molecule is CCCCN(CCO)S(=O)(=O)Cc1cccc(C)c1. The van der Waals surface area contributed by atoms with Gasteiger partial charge in [-0.05, 0) is 18.9 Å². The number of hydrogen-bond donors (Lipinski definition) is 1. The van der Waals surface area contributed by atoms with Crippen LogP contribution < -0.4 is 0 Å². The average Bonchev–Trinajstić information content (AvgIpc) is 2.33. The molecule has 1 aromatic rings. The summed E-state index contributed by atoms with van der Waals surface area (Å²) in [6, 6.07) is 7.51. The van der Waals surface area contributed by atoms with Crippen LogP contribution in [0.5, 0.6) is 0 Å². The van der Waals surface area contributed by atoms with Gasteiger partial charge in [0.25, 0.3) is 0 Å². The molecular weight excluding hydrogens is 262 g/mol. The molecule has 0 atom stereocenters. The molecule has 0 heterocycles. The fourth-order valence-corrected chi connectivity index (χ4v) is 3.49. The fourth-order valence-electron chi connectivity index (χ4n) is 1.94. The first-order chi connectivity index (χ1) is 8.99. The number of unbranched alkanes of at least 4 members (excludes halogenated alkanes) is 1. The molecule has 0 fully saturated rings. The zero-order chi connectivity index (χ0) is 14.3. The maximum Gasteiger partial charge on any atom is 0.218 e. The minimum atomic E-state index is -3.35. The second kappa shape index (κ2) is 7.62. The Kier molecular flexibility index (Phi) is 6.48. The molecule has 108 valence electrons. The second-order valence-electron chi connectivity index (χ2n) is 4.72. The van der Waals surface area contributed by atoms with E-state index in [1.54, 1.807) is 0 Å². The van der Waals surface area contributed by atoms with Gasteiger partial charge in [0.15, 0.2) is 0 Å². The molecule has 0 amide bonds. The van der Waals surface area contributed by atoms with Crippen LogP contribution in [0.25, 0.3) is 0 Å². The van der Waals surface area contributed by atoms with Crippen LogP contribution in [0.1, 0.15) is 30.9 Å². The van der Waals surface area contributed by atoms with Gasteiger partial charge < -0.3 is 5.11 Å². The van der Waals surface area contributed by atoms with Gasteiger partial charge in [-0.3, -0.25) is 0 Å². The van der Waals surface area contributed by atoms with Crippen LogP contribution in [0, 0.1) is 6.92 Å². The number of sulfonamides is 1. The topological polar surface area (TPSA) is 57.6 Å². The quantitative estimate of drug-likeness (QED) is 0.794. The number of aliphatic hydroxyl groups is 1. The third kappa shape index (κ3) is 5.30. The molecular formula is C14H23NO3S. The first kappa shape index (κ1) is 16.1. The number of aliphatic hydroxyl groups excluding tert-OH is 1. The van der Waals surface area contributed by atoms with E-state index in [0.29, 0.717) is 6.54 Å². The average molecular weight is 285 g/mol. The minimum Gasteiger partial charge on any atom is -0.395 e. The van der Waals surface area contributed by atoms with Crippen molar-refractivity contribution in [3.05, 3.63) is 35.4 Å². The Hall–Kier alpha value is -0.910.